The van der Waals surface area contributed by atoms with Crippen LogP contribution >= 0.6 is 0 Å². The van der Waals surface area contributed by atoms with Crippen LogP contribution in [0.1, 0.15) is 45.1 Å². The Morgan fingerprint density at radius 1 is 1.14 bits per heavy atom. The molecule has 0 bridgehead atoms. The molecular formula is C22H36N4O3. The topological polar surface area (TPSA) is 75.2 Å². The molecule has 1 fully saturated rings. The van der Waals surface area contributed by atoms with Gasteiger partial charge in [0.15, 0.2) is 17.5 Å². The predicted octanol–water partition coefficient (Wildman–Crippen LogP) is 2.59. The highest BCUT2D eigenvalue weighted by atomic mass is 16.5. The van der Waals surface area contributed by atoms with Gasteiger partial charge in [-0.15, -0.1) is 0 Å². The lowest BCUT2D eigenvalue weighted by Crippen LogP contribution is -2.43. The molecule has 1 aromatic carbocycles. The van der Waals surface area contributed by atoms with Gasteiger partial charge in [0.2, 0.25) is 5.91 Å². The van der Waals surface area contributed by atoms with Crippen LogP contribution in [0.3, 0.4) is 0 Å². The Morgan fingerprint density at radius 3 is 2.48 bits per heavy atom. The molecule has 0 spiro atoms. The lowest BCUT2D eigenvalue weighted by atomic mass is 10.1. The molecule has 1 aromatic rings. The van der Waals surface area contributed by atoms with Crippen LogP contribution in [0.4, 0.5) is 0 Å². The number of aliphatic imine (C=N–C) groups is 1. The third kappa shape index (κ3) is 7.83. The van der Waals surface area contributed by atoms with E-state index in [1.165, 1.54) is 12.8 Å². The Balaban J connectivity index is 1.95. The number of carbonyl (C=O) groups is 1. The first kappa shape index (κ1) is 22.8. The van der Waals surface area contributed by atoms with E-state index < -0.39 is 0 Å². The average Bonchev–Trinajstić information content (AvgIpc) is 3.21. The lowest BCUT2D eigenvalue weighted by Gasteiger charge is -2.18. The van der Waals surface area contributed by atoms with Crippen LogP contribution in [0, 0.1) is 0 Å². The van der Waals surface area contributed by atoms with Gasteiger partial charge < -0.3 is 25.0 Å². The van der Waals surface area contributed by atoms with Gasteiger partial charge in [0.05, 0.1) is 13.2 Å². The van der Waals surface area contributed by atoms with Crippen molar-refractivity contribution in [2.45, 2.75) is 52.0 Å². The maximum Gasteiger partial charge on any atom is 0.243 e. The van der Waals surface area contributed by atoms with E-state index in [2.05, 4.69) is 21.7 Å². The monoisotopic (exact) mass is 404 g/mol. The molecule has 7 nitrogen and oxygen atoms in total. The Morgan fingerprint density at radius 2 is 1.83 bits per heavy atom. The summed E-state index contributed by atoms with van der Waals surface area (Å²) in [5.74, 6) is 2.26. The number of nitrogens with zero attached hydrogens (tertiary/aromatic N) is 2. The minimum absolute atomic E-state index is 0.00890. The number of rotatable bonds is 10. The van der Waals surface area contributed by atoms with Crippen LogP contribution < -0.4 is 20.1 Å². The molecule has 1 amide bonds. The van der Waals surface area contributed by atoms with Gasteiger partial charge in [0, 0.05) is 26.7 Å². The first-order valence-corrected chi connectivity index (χ1v) is 10.7. The van der Waals surface area contributed by atoms with Crippen LogP contribution in [-0.2, 0) is 11.2 Å². The largest absolute Gasteiger partial charge is 0.490 e. The summed E-state index contributed by atoms with van der Waals surface area (Å²) in [4.78, 5) is 17.9. The van der Waals surface area contributed by atoms with Gasteiger partial charge in [-0.2, -0.15) is 0 Å². The van der Waals surface area contributed by atoms with Crippen molar-refractivity contribution in [1.29, 1.82) is 0 Å². The third-order valence-electron chi connectivity index (χ3n) is 4.88. The van der Waals surface area contributed by atoms with Gasteiger partial charge in [-0.3, -0.25) is 4.79 Å². The Labute approximate surface area is 174 Å². The zero-order chi connectivity index (χ0) is 21.1. The summed E-state index contributed by atoms with van der Waals surface area (Å²) in [6, 6.07) is 6.50. The first-order chi connectivity index (χ1) is 14.0. The van der Waals surface area contributed by atoms with Crippen molar-refractivity contribution in [3.63, 3.8) is 0 Å². The van der Waals surface area contributed by atoms with Gasteiger partial charge in [-0.1, -0.05) is 18.9 Å². The van der Waals surface area contributed by atoms with Gasteiger partial charge >= 0.3 is 0 Å². The van der Waals surface area contributed by atoms with E-state index in [-0.39, 0.29) is 12.5 Å². The zero-order valence-electron chi connectivity index (χ0n) is 18.3. The second-order valence-corrected chi connectivity index (χ2v) is 7.40. The molecule has 0 unspecified atom stereocenters. The zero-order valence-corrected chi connectivity index (χ0v) is 18.3. The third-order valence-corrected chi connectivity index (χ3v) is 4.88. The molecule has 0 radical (unpaired) electrons. The van der Waals surface area contributed by atoms with E-state index in [4.69, 9.17) is 9.47 Å². The quantitative estimate of drug-likeness (QED) is 0.463. The van der Waals surface area contributed by atoms with Gasteiger partial charge in [0.1, 0.15) is 6.54 Å². The number of amides is 1. The average molecular weight is 405 g/mol. The Bertz CT molecular complexity index is 670. The van der Waals surface area contributed by atoms with E-state index >= 15 is 0 Å². The SMILES string of the molecule is CCOc1ccc(CCNC(=NCC(=O)N(C)C)NC2CCCC2)cc1OCC. The molecule has 1 saturated carbocycles. The van der Waals surface area contributed by atoms with Crippen molar-refractivity contribution in [2.24, 2.45) is 4.99 Å². The minimum atomic E-state index is -0.00890. The Kier molecular flexibility index (Phi) is 9.60. The number of benzene rings is 1. The van der Waals surface area contributed by atoms with Crippen LogP contribution in [0.2, 0.25) is 0 Å². The van der Waals surface area contributed by atoms with Crippen molar-refractivity contribution in [3.8, 4) is 11.5 Å². The molecule has 2 N–H and O–H groups in total. The molecule has 0 saturated heterocycles. The molecule has 0 atom stereocenters. The second-order valence-electron chi connectivity index (χ2n) is 7.40. The van der Waals surface area contributed by atoms with E-state index in [9.17, 15) is 4.79 Å². The number of nitrogens with one attached hydrogen (secondary N) is 2. The molecule has 7 heteroatoms. The Hall–Kier alpha value is -2.44. The highest BCUT2D eigenvalue weighted by Crippen LogP contribution is 2.28. The smallest absolute Gasteiger partial charge is 0.243 e. The van der Waals surface area contributed by atoms with Crippen LogP contribution in [0.25, 0.3) is 0 Å². The van der Waals surface area contributed by atoms with Gasteiger partial charge in [-0.25, -0.2) is 4.99 Å². The van der Waals surface area contributed by atoms with Crippen molar-refractivity contribution >= 4 is 11.9 Å². The fraction of sp³-hybridized carbons (Fsp3) is 0.636. The second kappa shape index (κ2) is 12.2. The lowest BCUT2D eigenvalue weighted by molar-refractivity contribution is -0.127. The van der Waals surface area contributed by atoms with Crippen LogP contribution in [-0.4, -0.2) is 63.2 Å². The maximum atomic E-state index is 11.9. The maximum absolute atomic E-state index is 11.9. The fourth-order valence-electron chi connectivity index (χ4n) is 3.28. The normalized spacial score (nSPS) is 14.6. The molecule has 0 aliphatic heterocycles. The highest BCUT2D eigenvalue weighted by molar-refractivity contribution is 5.84. The molecule has 2 rings (SSSR count). The molecule has 0 heterocycles. The highest BCUT2D eigenvalue weighted by Gasteiger charge is 2.16. The summed E-state index contributed by atoms with van der Waals surface area (Å²) in [5.41, 5.74) is 1.16. The molecule has 162 valence electrons. The summed E-state index contributed by atoms with van der Waals surface area (Å²) >= 11 is 0. The van der Waals surface area contributed by atoms with Crippen molar-refractivity contribution in [3.05, 3.63) is 23.8 Å². The van der Waals surface area contributed by atoms with Crippen molar-refractivity contribution in [2.75, 3.05) is 40.4 Å². The standard InChI is InChI=1S/C22H36N4O3/c1-5-28-19-12-11-17(15-20(19)29-6-2)13-14-23-22(24-16-21(27)26(3)4)25-18-9-7-8-10-18/h11-12,15,18H,5-10,13-14,16H2,1-4H3,(H2,23,24,25). The summed E-state index contributed by atoms with van der Waals surface area (Å²) in [6.07, 6.45) is 5.61. The predicted molar refractivity (Wildman–Crippen MR) is 117 cm³/mol. The number of carbonyl (C=O) groups excluding carboxylic acids is 1. The van der Waals surface area contributed by atoms with Crippen molar-refractivity contribution in [1.82, 2.24) is 15.5 Å². The molecule has 0 aromatic heterocycles. The first-order valence-electron chi connectivity index (χ1n) is 10.7. The number of likely N-dealkylation sites (N-methyl/N-ethyl adjacent to an activating group) is 1. The molecular weight excluding hydrogens is 368 g/mol. The number of hydrogen-bond donors (Lipinski definition) is 2. The fourth-order valence-corrected chi connectivity index (χ4v) is 3.28. The summed E-state index contributed by atoms with van der Waals surface area (Å²) < 4.78 is 11.3. The number of guanidine groups is 1. The van der Waals surface area contributed by atoms with E-state index in [1.54, 1.807) is 19.0 Å². The molecule has 1 aliphatic rings. The van der Waals surface area contributed by atoms with Gasteiger partial charge in [0.25, 0.3) is 0 Å². The number of hydrogen-bond acceptors (Lipinski definition) is 4. The summed E-state index contributed by atoms with van der Waals surface area (Å²) in [7, 11) is 3.49. The van der Waals surface area contributed by atoms with Crippen LogP contribution in [0.5, 0.6) is 11.5 Å². The van der Waals surface area contributed by atoms with E-state index in [0.717, 1.165) is 36.3 Å². The minimum Gasteiger partial charge on any atom is -0.490 e. The van der Waals surface area contributed by atoms with E-state index in [1.807, 2.05) is 26.0 Å². The number of ether oxygens (including phenoxy) is 2. The summed E-state index contributed by atoms with van der Waals surface area (Å²) in [5, 5.41) is 6.85. The van der Waals surface area contributed by atoms with E-state index in [0.29, 0.717) is 31.8 Å². The summed E-state index contributed by atoms with van der Waals surface area (Å²) in [6.45, 7) is 6.01. The molecule has 29 heavy (non-hydrogen) atoms. The van der Waals surface area contributed by atoms with Crippen LogP contribution in [0.15, 0.2) is 23.2 Å². The molecule has 1 aliphatic carbocycles. The van der Waals surface area contributed by atoms with Crippen molar-refractivity contribution < 1.29 is 14.3 Å². The van der Waals surface area contributed by atoms with Gasteiger partial charge in [-0.05, 0) is 50.8 Å².